The lowest BCUT2D eigenvalue weighted by atomic mass is 10.2. The van der Waals surface area contributed by atoms with Crippen molar-refractivity contribution in [1.82, 2.24) is 19.9 Å². The van der Waals surface area contributed by atoms with E-state index >= 15 is 0 Å². The van der Waals surface area contributed by atoms with Gasteiger partial charge < -0.3 is 10.6 Å². The Hall–Kier alpha value is -2.26. The van der Waals surface area contributed by atoms with Gasteiger partial charge >= 0.3 is 0 Å². The zero-order valence-corrected chi connectivity index (χ0v) is 15.9. The van der Waals surface area contributed by atoms with E-state index in [9.17, 15) is 9.59 Å². The molecule has 25 heavy (non-hydrogen) atoms. The van der Waals surface area contributed by atoms with Gasteiger partial charge in [0.05, 0.1) is 0 Å². The van der Waals surface area contributed by atoms with Gasteiger partial charge in [0.25, 0.3) is 11.5 Å². The number of amides is 1. The molecule has 0 bridgehead atoms. The van der Waals surface area contributed by atoms with Crippen molar-refractivity contribution < 1.29 is 4.79 Å². The molecule has 1 amide bonds. The molecule has 0 atom stereocenters. The Morgan fingerprint density at radius 1 is 1.28 bits per heavy atom. The number of rotatable bonds is 6. The first kappa shape index (κ1) is 17.6. The van der Waals surface area contributed by atoms with Crippen LogP contribution in [0.4, 0.5) is 5.13 Å². The second kappa shape index (κ2) is 7.75. The zero-order valence-electron chi connectivity index (χ0n) is 13.5. The van der Waals surface area contributed by atoms with Crippen LogP contribution >= 0.6 is 27.3 Å². The fraction of sp³-hybridized carbons (Fsp3) is 0.250. The number of aryl methyl sites for hydroxylation is 1. The zero-order chi connectivity index (χ0) is 17.8. The highest BCUT2D eigenvalue weighted by atomic mass is 79.9. The van der Waals surface area contributed by atoms with Crippen molar-refractivity contribution in [3.63, 3.8) is 0 Å². The number of hydrogen-bond donors (Lipinski definition) is 2. The summed E-state index contributed by atoms with van der Waals surface area (Å²) in [5, 5.41) is 10.7. The first-order chi connectivity index (χ1) is 12.1. The summed E-state index contributed by atoms with van der Waals surface area (Å²) in [6.45, 7) is 2.89. The molecule has 3 aromatic rings. The number of halogens is 1. The Bertz CT molecular complexity index is 951. The molecule has 3 rings (SSSR count). The van der Waals surface area contributed by atoms with Gasteiger partial charge in [0.1, 0.15) is 0 Å². The molecule has 130 valence electrons. The van der Waals surface area contributed by atoms with E-state index < -0.39 is 0 Å². The summed E-state index contributed by atoms with van der Waals surface area (Å²) >= 11 is 4.65. The van der Waals surface area contributed by atoms with Crippen molar-refractivity contribution in [2.24, 2.45) is 0 Å². The number of hydrogen-bond acceptors (Lipinski definition) is 6. The second-order valence-electron chi connectivity index (χ2n) is 5.23. The van der Waals surface area contributed by atoms with Crippen LogP contribution in [0.25, 0.3) is 4.96 Å². The van der Waals surface area contributed by atoms with Gasteiger partial charge in [0, 0.05) is 34.9 Å². The topological polar surface area (TPSA) is 88.4 Å². The Labute approximate surface area is 156 Å². The van der Waals surface area contributed by atoms with Crippen molar-refractivity contribution in [3.05, 3.63) is 56.4 Å². The van der Waals surface area contributed by atoms with Crippen molar-refractivity contribution in [2.75, 3.05) is 18.4 Å². The molecule has 1 aromatic carbocycles. The van der Waals surface area contributed by atoms with Gasteiger partial charge in [0.15, 0.2) is 0 Å². The van der Waals surface area contributed by atoms with Crippen molar-refractivity contribution in [2.45, 2.75) is 13.3 Å². The molecule has 0 radical (unpaired) electrons. The minimum Gasteiger partial charge on any atom is -0.358 e. The first-order valence-corrected chi connectivity index (χ1v) is 9.35. The minimum atomic E-state index is -0.185. The molecule has 0 unspecified atom stereocenters. The fourth-order valence-corrected chi connectivity index (χ4v) is 3.27. The van der Waals surface area contributed by atoms with Crippen molar-refractivity contribution >= 4 is 43.3 Å². The minimum absolute atomic E-state index is 0.135. The molecule has 2 N–H and O–H groups in total. The number of nitrogens with one attached hydrogen (secondary N) is 2. The lowest BCUT2D eigenvalue weighted by Gasteiger charge is -2.05. The molecular weight excluding hydrogens is 406 g/mol. The van der Waals surface area contributed by atoms with E-state index in [0.29, 0.717) is 35.2 Å². The lowest BCUT2D eigenvalue weighted by Crippen LogP contribution is -2.28. The lowest BCUT2D eigenvalue weighted by molar-refractivity contribution is 0.0955. The standard InChI is InChI=1S/C16H16BrN5O2S/c1-2-12-9-13(23)22-16(20-12)25-15(21-22)19-8-7-18-14(24)10-3-5-11(17)6-4-10/h3-6,9H,2,7-8H2,1H3,(H,18,24)(H,19,21). The number of anilines is 1. The third-order valence-corrected chi connectivity index (χ3v) is 4.85. The highest BCUT2D eigenvalue weighted by Crippen LogP contribution is 2.16. The maximum Gasteiger partial charge on any atom is 0.275 e. The first-order valence-electron chi connectivity index (χ1n) is 7.74. The summed E-state index contributed by atoms with van der Waals surface area (Å²) in [6.07, 6.45) is 0.703. The van der Waals surface area contributed by atoms with Crippen LogP contribution < -0.4 is 16.2 Å². The predicted octanol–water partition coefficient (Wildman–Crippen LogP) is 2.32. The van der Waals surface area contributed by atoms with E-state index in [1.165, 1.54) is 21.9 Å². The Morgan fingerprint density at radius 3 is 2.76 bits per heavy atom. The van der Waals surface area contributed by atoms with Gasteiger partial charge in [-0.05, 0) is 30.7 Å². The molecular formula is C16H16BrN5O2S. The van der Waals surface area contributed by atoms with Gasteiger partial charge in [-0.3, -0.25) is 9.59 Å². The van der Waals surface area contributed by atoms with Crippen LogP contribution in [0.15, 0.2) is 39.6 Å². The van der Waals surface area contributed by atoms with Gasteiger partial charge in [-0.25, -0.2) is 4.98 Å². The summed E-state index contributed by atoms with van der Waals surface area (Å²) in [7, 11) is 0. The average molecular weight is 422 g/mol. The summed E-state index contributed by atoms with van der Waals surface area (Å²) in [4.78, 5) is 28.9. The van der Waals surface area contributed by atoms with Crippen LogP contribution in [0.2, 0.25) is 0 Å². The molecule has 2 heterocycles. The van der Waals surface area contributed by atoms with E-state index in [2.05, 4.69) is 36.6 Å². The second-order valence-corrected chi connectivity index (χ2v) is 7.10. The number of fused-ring (bicyclic) bond motifs is 1. The van der Waals surface area contributed by atoms with Gasteiger partial charge in [0.2, 0.25) is 10.1 Å². The number of aromatic nitrogens is 3. The summed E-state index contributed by atoms with van der Waals surface area (Å²) in [6, 6.07) is 8.65. The van der Waals surface area contributed by atoms with Gasteiger partial charge in [-0.2, -0.15) is 4.52 Å². The largest absolute Gasteiger partial charge is 0.358 e. The van der Waals surface area contributed by atoms with Crippen LogP contribution in [0, 0.1) is 0 Å². The van der Waals surface area contributed by atoms with E-state index in [-0.39, 0.29) is 11.5 Å². The van der Waals surface area contributed by atoms with Crippen LogP contribution in [0.1, 0.15) is 23.0 Å². The molecule has 0 fully saturated rings. The van der Waals surface area contributed by atoms with Crippen molar-refractivity contribution in [1.29, 1.82) is 0 Å². The van der Waals surface area contributed by atoms with Crippen LogP contribution in [0.5, 0.6) is 0 Å². The van der Waals surface area contributed by atoms with E-state index in [1.54, 1.807) is 12.1 Å². The highest BCUT2D eigenvalue weighted by Gasteiger charge is 2.08. The SMILES string of the molecule is CCc1cc(=O)n2nc(NCCNC(=O)c3ccc(Br)cc3)sc2n1. The summed E-state index contributed by atoms with van der Waals surface area (Å²) in [5.74, 6) is -0.135. The average Bonchev–Trinajstić information content (AvgIpc) is 3.02. The summed E-state index contributed by atoms with van der Waals surface area (Å²) in [5.41, 5.74) is 1.17. The maximum absolute atomic E-state index is 12.0. The van der Waals surface area contributed by atoms with Crippen LogP contribution in [0.3, 0.4) is 0 Å². The van der Waals surface area contributed by atoms with Crippen LogP contribution in [-0.2, 0) is 6.42 Å². The number of carbonyl (C=O) groups is 1. The Morgan fingerprint density at radius 2 is 2.04 bits per heavy atom. The quantitative estimate of drug-likeness (QED) is 0.596. The molecule has 0 aliphatic heterocycles. The molecule has 0 aliphatic carbocycles. The fourth-order valence-electron chi connectivity index (χ4n) is 2.16. The molecule has 7 nitrogen and oxygen atoms in total. The van der Waals surface area contributed by atoms with Gasteiger partial charge in [-0.15, -0.1) is 5.10 Å². The number of nitrogens with zero attached hydrogens (tertiary/aromatic N) is 3. The third-order valence-electron chi connectivity index (χ3n) is 3.45. The number of benzene rings is 1. The molecule has 0 saturated carbocycles. The molecule has 0 aliphatic rings. The monoisotopic (exact) mass is 421 g/mol. The van der Waals surface area contributed by atoms with E-state index in [4.69, 9.17) is 0 Å². The highest BCUT2D eigenvalue weighted by molar-refractivity contribution is 9.10. The third kappa shape index (κ3) is 4.23. The molecule has 0 spiro atoms. The van der Waals surface area contributed by atoms with Crippen molar-refractivity contribution in [3.8, 4) is 0 Å². The molecule has 0 saturated heterocycles. The molecule has 9 heteroatoms. The Kier molecular flexibility index (Phi) is 5.44. The van der Waals surface area contributed by atoms with E-state index in [1.807, 2.05) is 19.1 Å². The normalized spacial score (nSPS) is 10.8. The van der Waals surface area contributed by atoms with E-state index in [0.717, 1.165) is 10.2 Å². The summed E-state index contributed by atoms with van der Waals surface area (Å²) < 4.78 is 2.21. The predicted molar refractivity (Wildman–Crippen MR) is 101 cm³/mol. The number of carbonyl (C=O) groups excluding carboxylic acids is 1. The maximum atomic E-state index is 12.0. The van der Waals surface area contributed by atoms with Crippen LogP contribution in [-0.4, -0.2) is 33.6 Å². The van der Waals surface area contributed by atoms with Gasteiger partial charge in [-0.1, -0.05) is 34.2 Å². The Balaban J connectivity index is 1.56. The molecule has 2 aromatic heterocycles. The smallest absolute Gasteiger partial charge is 0.275 e.